The lowest BCUT2D eigenvalue weighted by Crippen LogP contribution is -2.44. The van der Waals surface area contributed by atoms with Gasteiger partial charge >= 0.3 is 5.97 Å². The summed E-state index contributed by atoms with van der Waals surface area (Å²) >= 11 is 0. The number of hydrogen-bond acceptors (Lipinski definition) is 3. The van der Waals surface area contributed by atoms with E-state index in [0.717, 1.165) is 17.5 Å². The van der Waals surface area contributed by atoms with E-state index in [4.69, 9.17) is 0 Å². The van der Waals surface area contributed by atoms with Crippen LogP contribution in [0.3, 0.4) is 0 Å². The van der Waals surface area contributed by atoms with Gasteiger partial charge in [0, 0.05) is 25.6 Å². The highest BCUT2D eigenvalue weighted by atomic mass is 16.4. The molecular weight excluding hydrogens is 268 g/mol. The largest absolute Gasteiger partial charge is 0.479 e. The number of nitrogens with one attached hydrogen (secondary N) is 1. The number of rotatable bonds is 5. The first kappa shape index (κ1) is 14.1. The SMILES string of the molecule is O=C(O)C1c2ccccc2CCN1C(=O)CCNC1CC1. The van der Waals surface area contributed by atoms with Gasteiger partial charge in [-0.2, -0.15) is 0 Å². The highest BCUT2D eigenvalue weighted by Crippen LogP contribution is 2.30. The molecule has 0 bridgehead atoms. The fourth-order valence-electron chi connectivity index (χ4n) is 2.92. The number of benzene rings is 1. The van der Waals surface area contributed by atoms with E-state index in [0.29, 0.717) is 25.6 Å². The number of carbonyl (C=O) groups is 2. The molecule has 1 heterocycles. The second kappa shape index (κ2) is 5.85. The van der Waals surface area contributed by atoms with Crippen molar-refractivity contribution in [2.75, 3.05) is 13.1 Å². The van der Waals surface area contributed by atoms with E-state index in [1.165, 1.54) is 17.7 Å². The van der Waals surface area contributed by atoms with Crippen LogP contribution in [-0.4, -0.2) is 41.0 Å². The molecule has 2 aliphatic rings. The van der Waals surface area contributed by atoms with Crippen LogP contribution in [0.2, 0.25) is 0 Å². The van der Waals surface area contributed by atoms with Crippen molar-refractivity contribution in [3.8, 4) is 0 Å². The third kappa shape index (κ3) is 3.08. The molecule has 1 unspecified atom stereocenters. The van der Waals surface area contributed by atoms with Crippen LogP contribution < -0.4 is 5.32 Å². The summed E-state index contributed by atoms with van der Waals surface area (Å²) in [4.78, 5) is 25.5. The fourth-order valence-corrected chi connectivity index (χ4v) is 2.92. The summed E-state index contributed by atoms with van der Waals surface area (Å²) in [5.74, 6) is -1.03. The summed E-state index contributed by atoms with van der Waals surface area (Å²) in [6.45, 7) is 1.12. The van der Waals surface area contributed by atoms with E-state index in [-0.39, 0.29) is 5.91 Å². The van der Waals surface area contributed by atoms with Gasteiger partial charge < -0.3 is 15.3 Å². The van der Waals surface area contributed by atoms with Gasteiger partial charge in [-0.25, -0.2) is 4.79 Å². The molecule has 0 spiro atoms. The van der Waals surface area contributed by atoms with Gasteiger partial charge in [0.1, 0.15) is 0 Å². The maximum Gasteiger partial charge on any atom is 0.331 e. The molecule has 1 aliphatic carbocycles. The number of carboxylic acid groups (broad SMARTS) is 1. The standard InChI is InChI=1S/C16H20N2O3/c19-14(7-9-17-12-5-6-12)18-10-8-11-3-1-2-4-13(11)15(18)16(20)21/h1-4,12,15,17H,5-10H2,(H,20,21). The number of fused-ring (bicyclic) bond motifs is 1. The highest BCUT2D eigenvalue weighted by Gasteiger charge is 2.35. The van der Waals surface area contributed by atoms with E-state index in [9.17, 15) is 14.7 Å². The number of carboxylic acids is 1. The van der Waals surface area contributed by atoms with E-state index >= 15 is 0 Å². The molecule has 112 valence electrons. The van der Waals surface area contributed by atoms with Gasteiger partial charge in [0.2, 0.25) is 5.91 Å². The van der Waals surface area contributed by atoms with Crippen molar-refractivity contribution >= 4 is 11.9 Å². The Bertz CT molecular complexity index is 554. The van der Waals surface area contributed by atoms with Crippen molar-refractivity contribution in [3.63, 3.8) is 0 Å². The molecule has 0 aromatic heterocycles. The van der Waals surface area contributed by atoms with Crippen molar-refractivity contribution in [2.24, 2.45) is 0 Å². The first-order valence-corrected chi connectivity index (χ1v) is 7.50. The van der Waals surface area contributed by atoms with E-state index < -0.39 is 12.0 Å². The van der Waals surface area contributed by atoms with Crippen LogP contribution in [-0.2, 0) is 16.0 Å². The van der Waals surface area contributed by atoms with Crippen molar-refractivity contribution in [1.29, 1.82) is 0 Å². The Kier molecular flexibility index (Phi) is 3.92. The van der Waals surface area contributed by atoms with Gasteiger partial charge in [0.05, 0.1) is 0 Å². The third-order valence-electron chi connectivity index (χ3n) is 4.19. The average Bonchev–Trinajstić information content (AvgIpc) is 3.29. The Balaban J connectivity index is 1.71. The van der Waals surface area contributed by atoms with E-state index in [2.05, 4.69) is 5.32 Å². The molecule has 5 heteroatoms. The maximum atomic E-state index is 12.3. The molecule has 5 nitrogen and oxygen atoms in total. The number of carbonyl (C=O) groups excluding carboxylic acids is 1. The minimum Gasteiger partial charge on any atom is -0.479 e. The lowest BCUT2D eigenvalue weighted by atomic mass is 9.92. The first-order chi connectivity index (χ1) is 10.2. The molecule has 1 aromatic rings. The zero-order chi connectivity index (χ0) is 14.8. The monoisotopic (exact) mass is 288 g/mol. The zero-order valence-electron chi connectivity index (χ0n) is 11.9. The summed E-state index contributed by atoms with van der Waals surface area (Å²) in [5, 5.41) is 12.8. The second-order valence-corrected chi connectivity index (χ2v) is 5.76. The Hall–Kier alpha value is -1.88. The molecular formula is C16H20N2O3. The predicted molar refractivity (Wildman–Crippen MR) is 77.9 cm³/mol. The molecule has 1 atom stereocenters. The summed E-state index contributed by atoms with van der Waals surface area (Å²) in [7, 11) is 0. The van der Waals surface area contributed by atoms with Gasteiger partial charge in [0.25, 0.3) is 0 Å². The van der Waals surface area contributed by atoms with Crippen LogP contribution in [0.1, 0.15) is 36.4 Å². The van der Waals surface area contributed by atoms with Crippen LogP contribution in [0.4, 0.5) is 0 Å². The van der Waals surface area contributed by atoms with Gasteiger partial charge in [0.15, 0.2) is 6.04 Å². The molecule has 0 saturated heterocycles. The van der Waals surface area contributed by atoms with Gasteiger partial charge in [-0.1, -0.05) is 24.3 Å². The smallest absolute Gasteiger partial charge is 0.331 e. The topological polar surface area (TPSA) is 69.6 Å². The number of aliphatic carboxylic acids is 1. The molecule has 1 aliphatic heterocycles. The fraction of sp³-hybridized carbons (Fsp3) is 0.500. The lowest BCUT2D eigenvalue weighted by Gasteiger charge is -2.34. The average molecular weight is 288 g/mol. The Morgan fingerprint density at radius 3 is 2.76 bits per heavy atom. The van der Waals surface area contributed by atoms with Crippen LogP contribution in [0.5, 0.6) is 0 Å². The van der Waals surface area contributed by atoms with Crippen molar-refractivity contribution in [2.45, 2.75) is 37.8 Å². The maximum absolute atomic E-state index is 12.3. The quantitative estimate of drug-likeness (QED) is 0.858. The van der Waals surface area contributed by atoms with Crippen LogP contribution in [0.15, 0.2) is 24.3 Å². The molecule has 3 rings (SSSR count). The Morgan fingerprint density at radius 2 is 2.05 bits per heavy atom. The molecule has 1 aromatic carbocycles. The predicted octanol–water partition coefficient (Wildman–Crippen LogP) is 1.34. The molecule has 1 saturated carbocycles. The minimum absolute atomic E-state index is 0.0787. The molecule has 1 fully saturated rings. The van der Waals surface area contributed by atoms with Crippen LogP contribution in [0, 0.1) is 0 Å². The zero-order valence-corrected chi connectivity index (χ0v) is 11.9. The number of hydrogen-bond donors (Lipinski definition) is 2. The summed E-state index contributed by atoms with van der Waals surface area (Å²) in [5.41, 5.74) is 1.78. The summed E-state index contributed by atoms with van der Waals surface area (Å²) in [6, 6.07) is 7.22. The van der Waals surface area contributed by atoms with Crippen LogP contribution in [0.25, 0.3) is 0 Å². The molecule has 0 radical (unpaired) electrons. The minimum atomic E-state index is -0.953. The summed E-state index contributed by atoms with van der Waals surface area (Å²) < 4.78 is 0. The van der Waals surface area contributed by atoms with Crippen molar-refractivity contribution in [3.05, 3.63) is 35.4 Å². The molecule has 1 amide bonds. The first-order valence-electron chi connectivity index (χ1n) is 7.50. The van der Waals surface area contributed by atoms with Gasteiger partial charge in [-0.15, -0.1) is 0 Å². The third-order valence-corrected chi connectivity index (χ3v) is 4.19. The van der Waals surface area contributed by atoms with Crippen molar-refractivity contribution < 1.29 is 14.7 Å². The molecule has 2 N–H and O–H groups in total. The Labute approximate surface area is 123 Å². The number of nitrogens with zero attached hydrogens (tertiary/aromatic N) is 1. The molecule has 21 heavy (non-hydrogen) atoms. The van der Waals surface area contributed by atoms with E-state index in [1.807, 2.05) is 24.3 Å². The van der Waals surface area contributed by atoms with Gasteiger partial charge in [-0.05, 0) is 30.4 Å². The van der Waals surface area contributed by atoms with E-state index in [1.54, 1.807) is 0 Å². The van der Waals surface area contributed by atoms with Crippen molar-refractivity contribution in [1.82, 2.24) is 10.2 Å². The second-order valence-electron chi connectivity index (χ2n) is 5.76. The number of amides is 1. The highest BCUT2D eigenvalue weighted by molar-refractivity contribution is 5.85. The van der Waals surface area contributed by atoms with Crippen LogP contribution >= 0.6 is 0 Å². The summed E-state index contributed by atoms with van der Waals surface area (Å²) in [6.07, 6.45) is 3.45. The normalized spacial score (nSPS) is 21.0. The Morgan fingerprint density at radius 1 is 1.29 bits per heavy atom. The lowest BCUT2D eigenvalue weighted by molar-refractivity contribution is -0.151. The van der Waals surface area contributed by atoms with Gasteiger partial charge in [-0.3, -0.25) is 4.79 Å².